The van der Waals surface area contributed by atoms with Crippen molar-refractivity contribution >= 4 is 6.29 Å². The fourth-order valence-electron chi connectivity index (χ4n) is 5.60. The molecule has 0 aromatic carbocycles. The number of carbonyl (C=O) groups excluding carboxylic acids is 1. The summed E-state index contributed by atoms with van der Waals surface area (Å²) >= 11 is 0. The lowest BCUT2D eigenvalue weighted by molar-refractivity contribution is -0.179. The quantitative estimate of drug-likeness (QED) is 0.797. The van der Waals surface area contributed by atoms with Gasteiger partial charge in [0.1, 0.15) is 6.10 Å². The highest BCUT2D eigenvalue weighted by Gasteiger charge is 2.53. The van der Waals surface area contributed by atoms with Gasteiger partial charge < -0.3 is 19.4 Å². The van der Waals surface area contributed by atoms with Crippen molar-refractivity contribution in [3.05, 3.63) is 0 Å². The highest BCUT2D eigenvalue weighted by Crippen LogP contribution is 2.58. The van der Waals surface area contributed by atoms with E-state index in [2.05, 4.69) is 0 Å². The van der Waals surface area contributed by atoms with Crippen LogP contribution in [0.2, 0.25) is 0 Å². The van der Waals surface area contributed by atoms with Crippen molar-refractivity contribution in [2.24, 2.45) is 29.6 Å². The molecule has 0 radical (unpaired) electrons. The zero-order valence-corrected chi connectivity index (χ0v) is 11.8. The molecule has 112 valence electrons. The second-order valence-corrected chi connectivity index (χ2v) is 7.30. The van der Waals surface area contributed by atoms with Gasteiger partial charge in [-0.2, -0.15) is 0 Å². The lowest BCUT2D eigenvalue weighted by Crippen LogP contribution is -2.49. The van der Waals surface area contributed by atoms with Gasteiger partial charge >= 0.3 is 0 Å². The molecule has 0 spiro atoms. The van der Waals surface area contributed by atoms with E-state index in [0.717, 1.165) is 30.0 Å². The Labute approximate surface area is 119 Å². The molecule has 0 amide bonds. The van der Waals surface area contributed by atoms with E-state index in [1.807, 2.05) is 0 Å². The Hall–Kier alpha value is -0.450. The lowest BCUT2D eigenvalue weighted by atomic mass is 9.51. The Morgan fingerprint density at radius 3 is 2.20 bits per heavy atom. The Morgan fingerprint density at radius 2 is 1.65 bits per heavy atom. The average Bonchev–Trinajstić information content (AvgIpc) is 2.81. The van der Waals surface area contributed by atoms with E-state index in [9.17, 15) is 4.79 Å². The molecule has 1 heterocycles. The minimum Gasteiger partial charge on any atom is -0.396 e. The number of rotatable bonds is 4. The average molecular weight is 280 g/mol. The van der Waals surface area contributed by atoms with Gasteiger partial charge in [0.15, 0.2) is 12.6 Å². The van der Waals surface area contributed by atoms with Gasteiger partial charge in [-0.15, -0.1) is 0 Å². The smallest absolute Gasteiger partial charge is 0.162 e. The monoisotopic (exact) mass is 280 g/mol. The van der Waals surface area contributed by atoms with Crippen molar-refractivity contribution in [1.82, 2.24) is 0 Å². The third kappa shape index (κ3) is 2.04. The van der Waals surface area contributed by atoms with Gasteiger partial charge in [-0.3, -0.25) is 0 Å². The maximum absolute atomic E-state index is 11.1. The van der Waals surface area contributed by atoms with Crippen LogP contribution in [0.3, 0.4) is 0 Å². The van der Waals surface area contributed by atoms with Crippen molar-refractivity contribution in [3.63, 3.8) is 0 Å². The molecule has 0 aromatic heterocycles. The molecule has 20 heavy (non-hydrogen) atoms. The van der Waals surface area contributed by atoms with Crippen molar-refractivity contribution in [2.45, 2.75) is 57.0 Å². The van der Waals surface area contributed by atoms with Gasteiger partial charge in [0.25, 0.3) is 0 Å². The molecule has 4 heteroatoms. The third-order valence-electron chi connectivity index (χ3n) is 6.13. The number of carbonyl (C=O) groups is 1. The summed E-state index contributed by atoms with van der Waals surface area (Å²) in [4.78, 5) is 11.1. The summed E-state index contributed by atoms with van der Waals surface area (Å²) in [7, 11) is 0. The van der Waals surface area contributed by atoms with Gasteiger partial charge in [-0.05, 0) is 62.2 Å². The summed E-state index contributed by atoms with van der Waals surface area (Å²) < 4.78 is 11.9. The molecule has 4 bridgehead atoms. The number of hydrogen-bond donors (Lipinski definition) is 1. The second-order valence-electron chi connectivity index (χ2n) is 7.30. The van der Waals surface area contributed by atoms with Gasteiger partial charge in [0, 0.05) is 12.5 Å². The molecule has 5 aliphatic rings. The zero-order valence-electron chi connectivity index (χ0n) is 11.8. The van der Waals surface area contributed by atoms with E-state index in [4.69, 9.17) is 14.6 Å². The van der Waals surface area contributed by atoms with Crippen LogP contribution in [-0.4, -0.2) is 36.5 Å². The van der Waals surface area contributed by atoms with Crippen LogP contribution in [0.4, 0.5) is 0 Å². The normalized spacial score (nSPS) is 53.5. The molecular weight excluding hydrogens is 256 g/mol. The SMILES string of the molecule is O=CC1OC(C2C3CC4CC(C3)CC2C4)OC1CCO. The van der Waals surface area contributed by atoms with Crippen LogP contribution in [0.25, 0.3) is 0 Å². The minimum absolute atomic E-state index is 0.0484. The summed E-state index contributed by atoms with van der Waals surface area (Å²) in [5.41, 5.74) is 0. The summed E-state index contributed by atoms with van der Waals surface area (Å²) in [6, 6.07) is 0. The topological polar surface area (TPSA) is 55.8 Å². The van der Waals surface area contributed by atoms with E-state index in [-0.39, 0.29) is 19.0 Å². The largest absolute Gasteiger partial charge is 0.396 e. The predicted molar refractivity (Wildman–Crippen MR) is 71.8 cm³/mol. The molecule has 1 aliphatic heterocycles. The van der Waals surface area contributed by atoms with E-state index in [0.29, 0.717) is 12.3 Å². The first-order valence-electron chi connectivity index (χ1n) is 8.15. The minimum atomic E-state index is -0.482. The van der Waals surface area contributed by atoms with E-state index >= 15 is 0 Å². The van der Waals surface area contributed by atoms with Crippen LogP contribution in [0.1, 0.15) is 38.5 Å². The maximum atomic E-state index is 11.1. The lowest BCUT2D eigenvalue weighted by Gasteiger charge is -2.55. The number of aliphatic hydroxyl groups excluding tert-OH is 1. The molecule has 4 aliphatic carbocycles. The van der Waals surface area contributed by atoms with Crippen molar-refractivity contribution < 1.29 is 19.4 Å². The van der Waals surface area contributed by atoms with E-state index < -0.39 is 6.10 Å². The molecule has 1 N–H and O–H groups in total. The van der Waals surface area contributed by atoms with E-state index in [1.165, 1.54) is 32.1 Å². The molecule has 4 nitrogen and oxygen atoms in total. The van der Waals surface area contributed by atoms with Gasteiger partial charge in [-0.1, -0.05) is 0 Å². The van der Waals surface area contributed by atoms with Gasteiger partial charge in [0.05, 0.1) is 6.10 Å². The first-order valence-corrected chi connectivity index (χ1v) is 8.15. The molecule has 5 rings (SSSR count). The first kappa shape index (κ1) is 13.2. The van der Waals surface area contributed by atoms with E-state index in [1.54, 1.807) is 0 Å². The highest BCUT2D eigenvalue weighted by atomic mass is 16.7. The molecule has 3 atom stereocenters. The van der Waals surface area contributed by atoms with Crippen LogP contribution in [0, 0.1) is 29.6 Å². The third-order valence-corrected chi connectivity index (χ3v) is 6.13. The zero-order chi connectivity index (χ0) is 13.7. The molecule has 5 fully saturated rings. The Morgan fingerprint density at radius 1 is 1.00 bits per heavy atom. The van der Waals surface area contributed by atoms with Crippen LogP contribution in [0.5, 0.6) is 0 Å². The summed E-state index contributed by atoms with van der Waals surface area (Å²) in [6.07, 6.45) is 7.16. The summed E-state index contributed by atoms with van der Waals surface area (Å²) in [6.45, 7) is 0.0484. The molecule has 4 saturated carbocycles. The Kier molecular flexibility index (Phi) is 3.36. The number of ether oxygens (including phenoxy) is 2. The predicted octanol–water partition coefficient (Wildman–Crippen LogP) is 1.75. The van der Waals surface area contributed by atoms with Crippen molar-refractivity contribution in [2.75, 3.05) is 6.61 Å². The van der Waals surface area contributed by atoms with Crippen LogP contribution in [0.15, 0.2) is 0 Å². The van der Waals surface area contributed by atoms with Gasteiger partial charge in [0.2, 0.25) is 0 Å². The second kappa shape index (κ2) is 5.08. The standard InChI is InChI=1S/C16H24O4/c17-2-1-13-14(8-18)20-16(19-13)15-11-4-9-3-10(6-11)7-12(15)5-9/h8-17H,1-7H2. The van der Waals surface area contributed by atoms with Crippen molar-refractivity contribution in [3.8, 4) is 0 Å². The Balaban J connectivity index is 1.49. The highest BCUT2D eigenvalue weighted by molar-refractivity contribution is 5.57. The molecular formula is C16H24O4. The van der Waals surface area contributed by atoms with Crippen LogP contribution >= 0.6 is 0 Å². The van der Waals surface area contributed by atoms with Crippen LogP contribution < -0.4 is 0 Å². The number of aliphatic hydroxyl groups is 1. The summed E-state index contributed by atoms with van der Waals surface area (Å²) in [5.74, 6) is 3.82. The molecule has 3 unspecified atom stereocenters. The number of aldehydes is 1. The molecule has 1 saturated heterocycles. The number of hydrogen-bond acceptors (Lipinski definition) is 4. The first-order chi connectivity index (χ1) is 9.78. The molecule has 0 aromatic rings. The fraction of sp³-hybridized carbons (Fsp3) is 0.938. The van der Waals surface area contributed by atoms with Gasteiger partial charge in [-0.25, -0.2) is 0 Å². The summed E-state index contributed by atoms with van der Waals surface area (Å²) in [5, 5.41) is 9.09. The van der Waals surface area contributed by atoms with Crippen molar-refractivity contribution in [1.29, 1.82) is 0 Å². The fourth-order valence-corrected chi connectivity index (χ4v) is 5.60. The Bertz CT molecular complexity index is 355. The van der Waals surface area contributed by atoms with Crippen LogP contribution in [-0.2, 0) is 14.3 Å². The maximum Gasteiger partial charge on any atom is 0.162 e.